The van der Waals surface area contributed by atoms with Crippen molar-refractivity contribution in [2.45, 2.75) is 12.6 Å². The van der Waals surface area contributed by atoms with Gasteiger partial charge in [-0.1, -0.05) is 12.1 Å². The average Bonchev–Trinajstić information content (AvgIpc) is 2.54. The van der Waals surface area contributed by atoms with Crippen LogP contribution in [0.3, 0.4) is 0 Å². The van der Waals surface area contributed by atoms with Crippen LogP contribution in [0.2, 0.25) is 0 Å². The SMILES string of the molecule is N#Cc1cc(C(F)(F)F)ccc1NCCc1cccc(C(N)=O)c1. The van der Waals surface area contributed by atoms with E-state index in [1.165, 1.54) is 6.07 Å². The first-order valence-corrected chi connectivity index (χ1v) is 7.05. The minimum Gasteiger partial charge on any atom is -0.384 e. The van der Waals surface area contributed by atoms with Gasteiger partial charge in [0, 0.05) is 12.1 Å². The fourth-order valence-electron chi connectivity index (χ4n) is 2.19. The van der Waals surface area contributed by atoms with Crippen LogP contribution in [0.5, 0.6) is 0 Å². The van der Waals surface area contributed by atoms with Crippen molar-refractivity contribution >= 4 is 11.6 Å². The highest BCUT2D eigenvalue weighted by atomic mass is 19.4. The number of benzene rings is 2. The zero-order chi connectivity index (χ0) is 17.7. The number of hydrogen-bond acceptors (Lipinski definition) is 3. The molecule has 0 saturated heterocycles. The summed E-state index contributed by atoms with van der Waals surface area (Å²) in [6.45, 7) is 0.391. The van der Waals surface area contributed by atoms with E-state index in [-0.39, 0.29) is 5.56 Å². The molecule has 0 heterocycles. The Bertz CT molecular complexity index is 794. The van der Waals surface area contributed by atoms with Gasteiger partial charge in [0.2, 0.25) is 5.91 Å². The van der Waals surface area contributed by atoms with Crippen molar-refractivity contribution in [3.8, 4) is 6.07 Å². The molecule has 0 aliphatic rings. The molecule has 124 valence electrons. The summed E-state index contributed by atoms with van der Waals surface area (Å²) in [4.78, 5) is 11.1. The fraction of sp³-hybridized carbons (Fsp3) is 0.176. The van der Waals surface area contributed by atoms with Gasteiger partial charge in [0.25, 0.3) is 0 Å². The van der Waals surface area contributed by atoms with Crippen molar-refractivity contribution in [1.29, 1.82) is 5.26 Å². The molecular formula is C17H14F3N3O. The van der Waals surface area contributed by atoms with Crippen LogP contribution in [0.1, 0.15) is 27.0 Å². The zero-order valence-electron chi connectivity index (χ0n) is 12.5. The molecule has 24 heavy (non-hydrogen) atoms. The van der Waals surface area contributed by atoms with Crippen LogP contribution >= 0.6 is 0 Å². The highest BCUT2D eigenvalue weighted by Gasteiger charge is 2.31. The second kappa shape index (κ2) is 7.04. The number of carbonyl (C=O) groups is 1. The number of amides is 1. The maximum absolute atomic E-state index is 12.6. The Hall–Kier alpha value is -3.01. The molecule has 2 aromatic rings. The van der Waals surface area contributed by atoms with Crippen molar-refractivity contribution in [2.75, 3.05) is 11.9 Å². The van der Waals surface area contributed by atoms with E-state index in [1.54, 1.807) is 24.3 Å². The van der Waals surface area contributed by atoms with Crippen LogP contribution in [0, 0.1) is 11.3 Å². The molecule has 0 spiro atoms. The summed E-state index contributed by atoms with van der Waals surface area (Å²) >= 11 is 0. The summed E-state index contributed by atoms with van der Waals surface area (Å²) in [5.74, 6) is -0.528. The normalized spacial score (nSPS) is 10.9. The van der Waals surface area contributed by atoms with E-state index in [9.17, 15) is 18.0 Å². The van der Waals surface area contributed by atoms with Crippen LogP contribution in [-0.4, -0.2) is 12.5 Å². The van der Waals surface area contributed by atoms with Gasteiger partial charge in [0.05, 0.1) is 16.8 Å². The summed E-state index contributed by atoms with van der Waals surface area (Å²) in [5.41, 5.74) is 5.84. The Balaban J connectivity index is 2.06. The minimum atomic E-state index is -4.49. The number of nitrogens with zero attached hydrogens (tertiary/aromatic N) is 1. The summed E-state index contributed by atoms with van der Waals surface area (Å²) in [6.07, 6.45) is -3.97. The number of carbonyl (C=O) groups excluding carboxylic acids is 1. The van der Waals surface area contributed by atoms with Gasteiger partial charge in [0.1, 0.15) is 6.07 Å². The Morgan fingerprint density at radius 3 is 2.58 bits per heavy atom. The van der Waals surface area contributed by atoms with Gasteiger partial charge in [-0.05, 0) is 42.3 Å². The number of halogens is 3. The smallest absolute Gasteiger partial charge is 0.384 e. The van der Waals surface area contributed by atoms with Gasteiger partial charge in [-0.15, -0.1) is 0 Å². The number of rotatable bonds is 5. The first-order chi connectivity index (χ1) is 11.3. The monoisotopic (exact) mass is 333 g/mol. The molecule has 0 bridgehead atoms. The number of alkyl halides is 3. The lowest BCUT2D eigenvalue weighted by Crippen LogP contribution is -2.12. The third kappa shape index (κ3) is 4.26. The molecular weight excluding hydrogens is 319 g/mol. The number of anilines is 1. The number of nitriles is 1. The lowest BCUT2D eigenvalue weighted by atomic mass is 10.1. The van der Waals surface area contributed by atoms with E-state index >= 15 is 0 Å². The lowest BCUT2D eigenvalue weighted by Gasteiger charge is -2.12. The van der Waals surface area contributed by atoms with E-state index in [0.717, 1.165) is 17.7 Å². The maximum atomic E-state index is 12.6. The van der Waals surface area contributed by atoms with Crippen LogP contribution in [0.4, 0.5) is 18.9 Å². The fourth-order valence-corrected chi connectivity index (χ4v) is 2.19. The van der Waals surface area contributed by atoms with Crippen LogP contribution in [0.15, 0.2) is 42.5 Å². The van der Waals surface area contributed by atoms with E-state index in [1.807, 2.05) is 6.07 Å². The van der Waals surface area contributed by atoms with Crippen LogP contribution in [0.25, 0.3) is 0 Å². The third-order valence-electron chi connectivity index (χ3n) is 3.41. The predicted octanol–water partition coefficient (Wildman–Crippen LogP) is 3.33. The van der Waals surface area contributed by atoms with Gasteiger partial charge in [0.15, 0.2) is 0 Å². The molecule has 4 nitrogen and oxygen atoms in total. The molecule has 1 amide bonds. The summed E-state index contributed by atoms with van der Waals surface area (Å²) in [6, 6.07) is 11.5. The molecule has 0 aromatic heterocycles. The first-order valence-electron chi connectivity index (χ1n) is 7.05. The van der Waals surface area contributed by atoms with E-state index in [4.69, 9.17) is 11.0 Å². The van der Waals surface area contributed by atoms with Crippen molar-refractivity contribution in [2.24, 2.45) is 5.73 Å². The van der Waals surface area contributed by atoms with Gasteiger partial charge >= 0.3 is 6.18 Å². The minimum absolute atomic E-state index is 0.0734. The van der Waals surface area contributed by atoms with Gasteiger partial charge in [-0.3, -0.25) is 4.79 Å². The number of hydrogen-bond donors (Lipinski definition) is 2. The summed E-state index contributed by atoms with van der Waals surface area (Å²) in [7, 11) is 0. The number of nitrogens with one attached hydrogen (secondary N) is 1. The molecule has 3 N–H and O–H groups in total. The molecule has 2 rings (SSSR count). The van der Waals surface area contributed by atoms with Crippen molar-refractivity contribution in [3.63, 3.8) is 0 Å². The summed E-state index contributed by atoms with van der Waals surface area (Å²) < 4.78 is 37.9. The second-order valence-electron chi connectivity index (χ2n) is 5.11. The molecule has 0 saturated carbocycles. The molecule has 0 unspecified atom stereocenters. The van der Waals surface area contributed by atoms with Gasteiger partial charge in [-0.2, -0.15) is 18.4 Å². The highest BCUT2D eigenvalue weighted by molar-refractivity contribution is 5.92. The standard InChI is InChI=1S/C17H14F3N3O/c18-17(19,20)14-4-5-15(13(9-14)10-21)23-7-6-11-2-1-3-12(8-11)16(22)24/h1-5,8-9,23H,6-7H2,(H2,22,24). The molecule has 0 fully saturated rings. The zero-order valence-corrected chi connectivity index (χ0v) is 12.5. The lowest BCUT2D eigenvalue weighted by molar-refractivity contribution is -0.137. The molecule has 0 aliphatic carbocycles. The van der Waals surface area contributed by atoms with Crippen molar-refractivity contribution in [1.82, 2.24) is 0 Å². The maximum Gasteiger partial charge on any atom is 0.416 e. The van der Waals surface area contributed by atoms with E-state index < -0.39 is 17.6 Å². The Labute approximate surface area is 136 Å². The van der Waals surface area contributed by atoms with Crippen molar-refractivity contribution in [3.05, 3.63) is 64.7 Å². The predicted molar refractivity (Wildman–Crippen MR) is 83.3 cm³/mol. The quantitative estimate of drug-likeness (QED) is 0.881. The van der Waals surface area contributed by atoms with Crippen LogP contribution in [-0.2, 0) is 12.6 Å². The molecule has 2 aromatic carbocycles. The van der Waals surface area contributed by atoms with Gasteiger partial charge < -0.3 is 11.1 Å². The molecule has 7 heteroatoms. The van der Waals surface area contributed by atoms with E-state index in [0.29, 0.717) is 24.2 Å². The molecule has 0 atom stereocenters. The average molecular weight is 333 g/mol. The Morgan fingerprint density at radius 2 is 1.96 bits per heavy atom. The summed E-state index contributed by atoms with van der Waals surface area (Å²) in [5, 5.41) is 11.9. The Morgan fingerprint density at radius 1 is 1.21 bits per heavy atom. The topological polar surface area (TPSA) is 78.9 Å². The highest BCUT2D eigenvalue weighted by Crippen LogP contribution is 2.31. The van der Waals surface area contributed by atoms with Crippen LogP contribution < -0.4 is 11.1 Å². The number of primary amides is 1. The number of nitrogens with two attached hydrogens (primary N) is 1. The second-order valence-corrected chi connectivity index (χ2v) is 5.11. The van der Waals surface area contributed by atoms with E-state index in [2.05, 4.69) is 5.32 Å². The third-order valence-corrected chi connectivity index (χ3v) is 3.41. The molecule has 0 aliphatic heterocycles. The Kier molecular flexibility index (Phi) is 5.09. The first kappa shape index (κ1) is 17.3. The van der Waals surface area contributed by atoms with Gasteiger partial charge in [-0.25, -0.2) is 0 Å². The molecule has 0 radical (unpaired) electrons. The largest absolute Gasteiger partial charge is 0.416 e. The van der Waals surface area contributed by atoms with Crippen molar-refractivity contribution < 1.29 is 18.0 Å².